The minimum absolute atomic E-state index is 0.249. The predicted octanol–water partition coefficient (Wildman–Crippen LogP) is 3.04. The first kappa shape index (κ1) is 12.3. The maximum Gasteiger partial charge on any atom is 0.0300 e. The van der Waals surface area contributed by atoms with Gasteiger partial charge in [-0.3, -0.25) is 4.98 Å². The van der Waals surface area contributed by atoms with Gasteiger partial charge in [0.15, 0.2) is 0 Å². The molecule has 2 nitrogen and oxygen atoms in total. The largest absolute Gasteiger partial charge is 0.327 e. The Hall–Kier alpha value is -1.19. The number of hydrogen-bond donors (Lipinski definition) is 1. The topological polar surface area (TPSA) is 38.9 Å². The lowest BCUT2D eigenvalue weighted by Gasteiger charge is -2.10. The highest BCUT2D eigenvalue weighted by atomic mass is 32.1. The average Bonchev–Trinajstić information content (AvgIpc) is 2.83. The Kier molecular flexibility index (Phi) is 4.71. The highest BCUT2D eigenvalue weighted by Gasteiger charge is 2.04. The molecule has 0 bridgehead atoms. The van der Waals surface area contributed by atoms with E-state index in [4.69, 9.17) is 5.73 Å². The zero-order valence-corrected chi connectivity index (χ0v) is 10.7. The van der Waals surface area contributed by atoms with Crippen LogP contribution in [0.4, 0.5) is 0 Å². The van der Waals surface area contributed by atoms with Crippen LogP contribution in [0.2, 0.25) is 0 Å². The molecule has 0 aliphatic carbocycles. The third kappa shape index (κ3) is 4.29. The van der Waals surface area contributed by atoms with Gasteiger partial charge in [0.25, 0.3) is 0 Å². The van der Waals surface area contributed by atoms with Crippen LogP contribution in [-0.2, 0) is 12.8 Å². The van der Waals surface area contributed by atoms with Crippen LogP contribution in [0.15, 0.2) is 42.0 Å². The van der Waals surface area contributed by atoms with E-state index >= 15 is 0 Å². The van der Waals surface area contributed by atoms with Gasteiger partial charge in [0.1, 0.15) is 0 Å². The third-order valence-electron chi connectivity index (χ3n) is 2.80. The fourth-order valence-corrected chi connectivity index (χ4v) is 2.67. The quantitative estimate of drug-likeness (QED) is 0.851. The minimum Gasteiger partial charge on any atom is -0.327 e. The fourth-order valence-electron chi connectivity index (χ4n) is 1.92. The van der Waals surface area contributed by atoms with Gasteiger partial charge in [0, 0.05) is 23.3 Å². The normalized spacial score (nSPS) is 12.5. The Bertz CT molecular complexity index is 411. The molecule has 2 rings (SSSR count). The van der Waals surface area contributed by atoms with E-state index < -0.39 is 0 Å². The number of thiophene rings is 1. The molecular formula is C14H18N2S. The summed E-state index contributed by atoms with van der Waals surface area (Å²) in [4.78, 5) is 5.56. The Morgan fingerprint density at radius 2 is 2.24 bits per heavy atom. The van der Waals surface area contributed by atoms with Gasteiger partial charge >= 0.3 is 0 Å². The van der Waals surface area contributed by atoms with E-state index in [1.54, 1.807) is 6.20 Å². The number of pyridine rings is 1. The van der Waals surface area contributed by atoms with Crippen molar-refractivity contribution in [1.29, 1.82) is 0 Å². The van der Waals surface area contributed by atoms with Crippen molar-refractivity contribution in [2.45, 2.75) is 31.7 Å². The van der Waals surface area contributed by atoms with E-state index in [0.29, 0.717) is 0 Å². The molecule has 3 heteroatoms. The van der Waals surface area contributed by atoms with Gasteiger partial charge in [-0.2, -0.15) is 0 Å². The van der Waals surface area contributed by atoms with E-state index in [0.717, 1.165) is 19.3 Å². The molecule has 0 aromatic carbocycles. The molecule has 0 amide bonds. The molecule has 2 heterocycles. The number of nitrogens with zero attached hydrogens (tertiary/aromatic N) is 1. The van der Waals surface area contributed by atoms with Crippen LogP contribution in [0.25, 0.3) is 0 Å². The molecule has 2 aromatic heterocycles. The Labute approximate surface area is 107 Å². The van der Waals surface area contributed by atoms with Crippen LogP contribution >= 0.6 is 11.3 Å². The zero-order valence-electron chi connectivity index (χ0n) is 9.88. The van der Waals surface area contributed by atoms with Crippen LogP contribution < -0.4 is 5.73 Å². The summed E-state index contributed by atoms with van der Waals surface area (Å²) in [6, 6.07) is 8.60. The Morgan fingerprint density at radius 1 is 1.29 bits per heavy atom. The monoisotopic (exact) mass is 246 g/mol. The van der Waals surface area contributed by atoms with E-state index in [-0.39, 0.29) is 6.04 Å². The summed E-state index contributed by atoms with van der Waals surface area (Å²) in [5.74, 6) is 0. The number of aryl methyl sites for hydroxylation is 1. The van der Waals surface area contributed by atoms with Crippen LogP contribution in [0, 0.1) is 0 Å². The second-order valence-corrected chi connectivity index (χ2v) is 5.33. The molecular weight excluding hydrogens is 228 g/mol. The lowest BCUT2D eigenvalue weighted by Crippen LogP contribution is -2.22. The molecule has 2 N–H and O–H groups in total. The van der Waals surface area contributed by atoms with E-state index in [2.05, 4.69) is 28.6 Å². The second kappa shape index (κ2) is 6.52. The summed E-state index contributed by atoms with van der Waals surface area (Å²) in [6.45, 7) is 0. The first-order valence-electron chi connectivity index (χ1n) is 6.01. The molecule has 0 aliphatic heterocycles. The van der Waals surface area contributed by atoms with Crippen LogP contribution in [-0.4, -0.2) is 11.0 Å². The van der Waals surface area contributed by atoms with Crippen molar-refractivity contribution in [3.8, 4) is 0 Å². The number of nitrogens with two attached hydrogens (primary N) is 1. The van der Waals surface area contributed by atoms with E-state index in [9.17, 15) is 0 Å². The molecule has 90 valence electrons. The summed E-state index contributed by atoms with van der Waals surface area (Å²) >= 11 is 1.83. The van der Waals surface area contributed by atoms with Gasteiger partial charge in [-0.25, -0.2) is 0 Å². The van der Waals surface area contributed by atoms with Crippen LogP contribution in [0.5, 0.6) is 0 Å². The summed E-state index contributed by atoms with van der Waals surface area (Å²) in [5.41, 5.74) is 7.35. The zero-order chi connectivity index (χ0) is 11.9. The molecule has 0 saturated carbocycles. The maximum atomic E-state index is 6.12. The van der Waals surface area contributed by atoms with Crippen molar-refractivity contribution in [2.75, 3.05) is 0 Å². The number of aromatic nitrogens is 1. The van der Waals surface area contributed by atoms with Crippen molar-refractivity contribution in [3.05, 3.63) is 52.5 Å². The predicted molar refractivity (Wildman–Crippen MR) is 73.2 cm³/mol. The lowest BCUT2D eigenvalue weighted by atomic mass is 10.0. The second-order valence-electron chi connectivity index (χ2n) is 4.30. The van der Waals surface area contributed by atoms with Crippen LogP contribution in [0.1, 0.15) is 23.3 Å². The SMILES string of the molecule is NC(CCCc1cccs1)Cc1cccnc1. The fraction of sp³-hybridized carbons (Fsp3) is 0.357. The summed E-state index contributed by atoms with van der Waals surface area (Å²) in [6.07, 6.45) is 8.02. The highest BCUT2D eigenvalue weighted by molar-refractivity contribution is 7.09. The third-order valence-corrected chi connectivity index (χ3v) is 3.74. The molecule has 0 radical (unpaired) electrons. The molecule has 0 spiro atoms. The van der Waals surface area contributed by atoms with Crippen molar-refractivity contribution < 1.29 is 0 Å². The average molecular weight is 246 g/mol. The maximum absolute atomic E-state index is 6.12. The number of rotatable bonds is 6. The van der Waals surface area contributed by atoms with Crippen LogP contribution in [0.3, 0.4) is 0 Å². The summed E-state index contributed by atoms with van der Waals surface area (Å²) < 4.78 is 0. The van der Waals surface area contributed by atoms with Crippen molar-refractivity contribution in [2.24, 2.45) is 5.73 Å². The number of hydrogen-bond acceptors (Lipinski definition) is 3. The van der Waals surface area contributed by atoms with Crippen molar-refractivity contribution in [3.63, 3.8) is 0 Å². The van der Waals surface area contributed by atoms with Gasteiger partial charge in [-0.05, 0) is 48.8 Å². The van der Waals surface area contributed by atoms with Gasteiger partial charge in [0.2, 0.25) is 0 Å². The van der Waals surface area contributed by atoms with Gasteiger partial charge in [0.05, 0.1) is 0 Å². The highest BCUT2D eigenvalue weighted by Crippen LogP contribution is 2.13. The van der Waals surface area contributed by atoms with E-state index in [1.165, 1.54) is 16.9 Å². The molecule has 0 saturated heterocycles. The minimum atomic E-state index is 0.249. The Balaban J connectivity index is 1.69. The van der Waals surface area contributed by atoms with Crippen molar-refractivity contribution in [1.82, 2.24) is 4.98 Å². The molecule has 0 fully saturated rings. The molecule has 17 heavy (non-hydrogen) atoms. The first-order valence-corrected chi connectivity index (χ1v) is 6.89. The van der Waals surface area contributed by atoms with Crippen molar-refractivity contribution >= 4 is 11.3 Å². The standard InChI is InChI=1S/C14H18N2S/c15-13(10-12-4-2-8-16-11-12)5-1-6-14-7-3-9-17-14/h2-4,7-9,11,13H,1,5-6,10,15H2. The summed E-state index contributed by atoms with van der Waals surface area (Å²) in [7, 11) is 0. The molecule has 1 unspecified atom stereocenters. The molecule has 0 aliphatic rings. The van der Waals surface area contributed by atoms with Gasteiger partial charge < -0.3 is 5.73 Å². The molecule has 1 atom stereocenters. The lowest BCUT2D eigenvalue weighted by molar-refractivity contribution is 0.581. The summed E-state index contributed by atoms with van der Waals surface area (Å²) in [5, 5.41) is 2.13. The Morgan fingerprint density at radius 3 is 2.94 bits per heavy atom. The smallest absolute Gasteiger partial charge is 0.0300 e. The van der Waals surface area contributed by atoms with Gasteiger partial charge in [-0.1, -0.05) is 12.1 Å². The first-order chi connectivity index (χ1) is 8.34. The molecule has 2 aromatic rings. The van der Waals surface area contributed by atoms with Gasteiger partial charge in [-0.15, -0.1) is 11.3 Å². The van der Waals surface area contributed by atoms with E-state index in [1.807, 2.05) is 23.6 Å².